The maximum Gasteiger partial charge on any atom is 0.417 e. The second kappa shape index (κ2) is 5.17. The van der Waals surface area contributed by atoms with Crippen LogP contribution in [0.4, 0.5) is 29.2 Å². The minimum absolute atomic E-state index is 0.0365. The Morgan fingerprint density at radius 1 is 0.955 bits per heavy atom. The second-order valence-electron chi connectivity index (χ2n) is 4.30. The fourth-order valence-electron chi connectivity index (χ4n) is 1.76. The number of nitrogens with zero attached hydrogens (tertiary/aromatic N) is 4. The molecule has 3 rings (SSSR count). The van der Waals surface area contributed by atoms with Gasteiger partial charge < -0.3 is 5.32 Å². The van der Waals surface area contributed by atoms with Crippen molar-refractivity contribution in [2.24, 2.45) is 0 Å². The lowest BCUT2D eigenvalue weighted by molar-refractivity contribution is -0.137. The Bertz CT molecular complexity index is 817. The van der Waals surface area contributed by atoms with Crippen molar-refractivity contribution in [1.29, 1.82) is 0 Å². The summed E-state index contributed by atoms with van der Waals surface area (Å²) in [5, 5.41) is 2.76. The molecular weight excluding hydrogens is 302 g/mol. The molecule has 1 N–H and O–H groups in total. The van der Waals surface area contributed by atoms with E-state index in [1.54, 1.807) is 0 Å². The Kier molecular flexibility index (Phi) is 3.32. The molecule has 3 aromatic rings. The minimum atomic E-state index is -4.50. The number of pyridine rings is 2. The Morgan fingerprint density at radius 3 is 2.45 bits per heavy atom. The van der Waals surface area contributed by atoms with E-state index in [1.807, 2.05) is 0 Å². The number of hydrogen-bond donors (Lipinski definition) is 1. The zero-order chi connectivity index (χ0) is 15.7. The lowest BCUT2D eigenvalue weighted by Crippen LogP contribution is -2.06. The molecule has 0 saturated carbocycles. The average molecular weight is 309 g/mol. The highest BCUT2D eigenvalue weighted by molar-refractivity contribution is 5.86. The molecule has 0 unspecified atom stereocenters. The molecule has 0 fully saturated rings. The van der Waals surface area contributed by atoms with Gasteiger partial charge in [-0.1, -0.05) is 0 Å². The van der Waals surface area contributed by atoms with Crippen molar-refractivity contribution in [3.8, 4) is 0 Å². The van der Waals surface area contributed by atoms with Gasteiger partial charge >= 0.3 is 6.18 Å². The van der Waals surface area contributed by atoms with Gasteiger partial charge in [-0.3, -0.25) is 4.98 Å². The summed E-state index contributed by atoms with van der Waals surface area (Å²) in [7, 11) is 0. The van der Waals surface area contributed by atoms with Gasteiger partial charge in [0.15, 0.2) is 5.82 Å². The van der Waals surface area contributed by atoms with Crippen molar-refractivity contribution in [3.05, 3.63) is 48.3 Å². The Hall–Kier alpha value is -2.84. The fraction of sp³-hybridized carbons (Fsp3) is 0.0769. The highest BCUT2D eigenvalue weighted by Gasteiger charge is 2.31. The first-order chi connectivity index (χ1) is 10.4. The van der Waals surface area contributed by atoms with Crippen molar-refractivity contribution in [3.63, 3.8) is 0 Å². The van der Waals surface area contributed by atoms with E-state index in [-0.39, 0.29) is 22.7 Å². The van der Waals surface area contributed by atoms with E-state index in [0.717, 1.165) is 18.6 Å². The van der Waals surface area contributed by atoms with E-state index in [1.165, 1.54) is 12.1 Å². The normalized spacial score (nSPS) is 11.6. The van der Waals surface area contributed by atoms with Gasteiger partial charge in [0.2, 0.25) is 0 Å². The number of rotatable bonds is 2. The van der Waals surface area contributed by atoms with Crippen LogP contribution in [-0.4, -0.2) is 19.9 Å². The Morgan fingerprint density at radius 2 is 1.77 bits per heavy atom. The molecule has 22 heavy (non-hydrogen) atoms. The number of alkyl halides is 3. The molecule has 0 aliphatic heterocycles. The molecule has 0 aromatic carbocycles. The van der Waals surface area contributed by atoms with Crippen LogP contribution in [-0.2, 0) is 6.18 Å². The predicted octanol–water partition coefficient (Wildman–Crippen LogP) is 3.32. The molecule has 0 radical (unpaired) electrons. The van der Waals surface area contributed by atoms with Gasteiger partial charge in [-0.15, -0.1) is 0 Å². The third-order valence-electron chi connectivity index (χ3n) is 2.78. The lowest BCUT2D eigenvalue weighted by atomic mass is 10.2. The standard InChI is InChI=1S/C13H7F4N5/c14-8-1-2-10(18-5-8)22-12-11-9(20-6-21-12)3-7(4-19-11)13(15,16)17/h1-6H,(H,18,20,21,22). The molecule has 9 heteroatoms. The minimum Gasteiger partial charge on any atom is -0.323 e. The SMILES string of the molecule is Fc1ccc(Nc2ncnc3cc(C(F)(F)F)cnc23)nc1. The van der Waals surface area contributed by atoms with Crippen molar-refractivity contribution in [1.82, 2.24) is 19.9 Å². The van der Waals surface area contributed by atoms with E-state index in [9.17, 15) is 17.6 Å². The van der Waals surface area contributed by atoms with Crippen molar-refractivity contribution in [2.75, 3.05) is 5.32 Å². The van der Waals surface area contributed by atoms with Gasteiger partial charge in [-0.05, 0) is 18.2 Å². The van der Waals surface area contributed by atoms with E-state index in [4.69, 9.17) is 0 Å². The zero-order valence-corrected chi connectivity index (χ0v) is 10.8. The highest BCUT2D eigenvalue weighted by Crippen LogP contribution is 2.31. The summed E-state index contributed by atoms with van der Waals surface area (Å²) in [6.07, 6.45) is -1.69. The first kappa shape index (κ1) is 14.1. The largest absolute Gasteiger partial charge is 0.417 e. The summed E-state index contributed by atoms with van der Waals surface area (Å²) >= 11 is 0. The van der Waals surface area contributed by atoms with E-state index >= 15 is 0 Å². The molecule has 0 amide bonds. The van der Waals surface area contributed by atoms with Crippen LogP contribution in [0.2, 0.25) is 0 Å². The van der Waals surface area contributed by atoms with Crippen LogP contribution in [0.1, 0.15) is 5.56 Å². The van der Waals surface area contributed by atoms with Crippen LogP contribution >= 0.6 is 0 Å². The molecule has 0 saturated heterocycles. The fourth-order valence-corrected chi connectivity index (χ4v) is 1.76. The monoisotopic (exact) mass is 309 g/mol. The first-order valence-corrected chi connectivity index (χ1v) is 6.00. The molecule has 0 aliphatic rings. The highest BCUT2D eigenvalue weighted by atomic mass is 19.4. The molecule has 3 heterocycles. The molecule has 0 spiro atoms. The Balaban J connectivity index is 2.02. The smallest absolute Gasteiger partial charge is 0.323 e. The van der Waals surface area contributed by atoms with Gasteiger partial charge in [0.1, 0.15) is 23.5 Å². The van der Waals surface area contributed by atoms with Crippen molar-refractivity contribution >= 4 is 22.7 Å². The average Bonchev–Trinajstić information content (AvgIpc) is 2.48. The topological polar surface area (TPSA) is 63.6 Å². The van der Waals surface area contributed by atoms with Crippen LogP contribution in [0.15, 0.2) is 36.9 Å². The summed E-state index contributed by atoms with van der Waals surface area (Å²) in [4.78, 5) is 15.2. The molecule has 112 valence electrons. The van der Waals surface area contributed by atoms with Crippen LogP contribution in [0.5, 0.6) is 0 Å². The van der Waals surface area contributed by atoms with Gasteiger partial charge in [0.05, 0.1) is 17.3 Å². The van der Waals surface area contributed by atoms with Gasteiger partial charge in [-0.2, -0.15) is 13.2 Å². The van der Waals surface area contributed by atoms with E-state index < -0.39 is 17.6 Å². The first-order valence-electron chi connectivity index (χ1n) is 6.00. The van der Waals surface area contributed by atoms with Crippen molar-refractivity contribution < 1.29 is 17.6 Å². The number of fused-ring (bicyclic) bond motifs is 1. The van der Waals surface area contributed by atoms with Crippen LogP contribution in [0.3, 0.4) is 0 Å². The number of aromatic nitrogens is 4. The molecule has 0 atom stereocenters. The molecular formula is C13H7F4N5. The summed E-state index contributed by atoms with van der Waals surface area (Å²) in [5.41, 5.74) is -0.708. The summed E-state index contributed by atoms with van der Waals surface area (Å²) in [6.45, 7) is 0. The van der Waals surface area contributed by atoms with Crippen LogP contribution in [0, 0.1) is 5.82 Å². The number of anilines is 2. The third-order valence-corrected chi connectivity index (χ3v) is 2.78. The summed E-state index contributed by atoms with van der Waals surface area (Å²) < 4.78 is 50.8. The van der Waals surface area contributed by atoms with Gasteiger partial charge in [-0.25, -0.2) is 19.3 Å². The van der Waals surface area contributed by atoms with Gasteiger partial charge in [0.25, 0.3) is 0 Å². The summed E-state index contributed by atoms with van der Waals surface area (Å²) in [6, 6.07) is 3.44. The quantitative estimate of drug-likeness (QED) is 0.736. The Labute approximate surface area is 121 Å². The third kappa shape index (κ3) is 2.78. The number of nitrogens with one attached hydrogen (secondary N) is 1. The molecule has 0 aliphatic carbocycles. The van der Waals surface area contributed by atoms with Gasteiger partial charge in [0, 0.05) is 6.20 Å². The molecule has 3 aromatic heterocycles. The van der Waals surface area contributed by atoms with E-state index in [2.05, 4.69) is 25.3 Å². The second-order valence-corrected chi connectivity index (χ2v) is 4.30. The van der Waals surface area contributed by atoms with Crippen molar-refractivity contribution in [2.45, 2.75) is 6.18 Å². The zero-order valence-electron chi connectivity index (χ0n) is 10.8. The maximum atomic E-state index is 12.8. The molecule has 0 bridgehead atoms. The number of halogens is 4. The predicted molar refractivity (Wildman–Crippen MR) is 69.8 cm³/mol. The van der Waals surface area contributed by atoms with E-state index in [0.29, 0.717) is 6.20 Å². The van der Waals surface area contributed by atoms with Crippen LogP contribution in [0.25, 0.3) is 11.0 Å². The number of hydrogen-bond acceptors (Lipinski definition) is 5. The van der Waals surface area contributed by atoms with Crippen LogP contribution < -0.4 is 5.32 Å². The maximum absolute atomic E-state index is 12.8. The summed E-state index contributed by atoms with van der Waals surface area (Å²) in [5.74, 6) is -0.0491. The molecule has 5 nitrogen and oxygen atoms in total. The lowest BCUT2D eigenvalue weighted by Gasteiger charge is -2.09.